The fourth-order valence-corrected chi connectivity index (χ4v) is 4.00. The van der Waals surface area contributed by atoms with E-state index in [9.17, 15) is 0 Å². The van der Waals surface area contributed by atoms with Gasteiger partial charge in [0.25, 0.3) is 0 Å². The molecule has 0 radical (unpaired) electrons. The summed E-state index contributed by atoms with van der Waals surface area (Å²) in [5.74, 6) is 0. The normalized spacial score (nSPS) is 15.2. The molecule has 0 spiro atoms. The van der Waals surface area contributed by atoms with Crippen LogP contribution in [-0.4, -0.2) is 54.1 Å². The molecular weight excluding hydrogens is 358 g/mol. The molecule has 2 aromatic carbocycles. The number of aromatic nitrogens is 1. The fraction of sp³-hybridized carbons (Fsp3) is 0.333. The van der Waals surface area contributed by atoms with Crippen LogP contribution in [0.15, 0.2) is 48.7 Å². The van der Waals surface area contributed by atoms with Crippen molar-refractivity contribution in [3.05, 3.63) is 70.9 Å². The second-order valence-electron chi connectivity index (χ2n) is 7.68. The van der Waals surface area contributed by atoms with Gasteiger partial charge in [-0.25, -0.2) is 0 Å². The number of aromatic amines is 1. The molecule has 1 N–H and O–H groups in total. The lowest BCUT2D eigenvalue weighted by Gasteiger charge is -2.34. The molecule has 29 heavy (non-hydrogen) atoms. The standard InChI is InChI=1S/C24H25N5/c25-16-20-3-1-19(2-4-20)7-9-28-11-13-29(14-12-28)10-8-22-18-27-24-6-5-21(17-26)15-23(22)24/h1-6,15,18,27H,7-14H2. The smallest absolute Gasteiger partial charge is 0.0991 e. The molecule has 1 aliphatic rings. The molecule has 5 heteroatoms. The number of hydrogen-bond donors (Lipinski definition) is 1. The third-order valence-corrected chi connectivity index (χ3v) is 5.86. The van der Waals surface area contributed by atoms with Crippen LogP contribution in [0.4, 0.5) is 0 Å². The van der Waals surface area contributed by atoms with Crippen molar-refractivity contribution in [1.82, 2.24) is 14.8 Å². The molecular formula is C24H25N5. The first-order valence-corrected chi connectivity index (χ1v) is 10.2. The van der Waals surface area contributed by atoms with Crippen molar-refractivity contribution in [2.75, 3.05) is 39.3 Å². The third kappa shape index (κ3) is 4.66. The zero-order chi connectivity index (χ0) is 20.1. The molecule has 0 bridgehead atoms. The molecule has 0 saturated carbocycles. The van der Waals surface area contributed by atoms with Gasteiger partial charge >= 0.3 is 0 Å². The molecule has 0 amide bonds. The number of rotatable bonds is 6. The van der Waals surface area contributed by atoms with E-state index in [0.29, 0.717) is 5.56 Å². The summed E-state index contributed by atoms with van der Waals surface area (Å²) in [6.45, 7) is 6.51. The van der Waals surface area contributed by atoms with Gasteiger partial charge in [0.1, 0.15) is 0 Å². The second kappa shape index (κ2) is 8.92. The highest BCUT2D eigenvalue weighted by atomic mass is 15.3. The van der Waals surface area contributed by atoms with E-state index in [-0.39, 0.29) is 0 Å². The highest BCUT2D eigenvalue weighted by Gasteiger charge is 2.17. The van der Waals surface area contributed by atoms with E-state index in [1.54, 1.807) is 0 Å². The number of hydrogen-bond acceptors (Lipinski definition) is 4. The van der Waals surface area contributed by atoms with E-state index in [2.05, 4.69) is 45.3 Å². The van der Waals surface area contributed by atoms with E-state index in [1.807, 2.05) is 30.3 Å². The average Bonchev–Trinajstić information content (AvgIpc) is 3.19. The number of benzene rings is 2. The van der Waals surface area contributed by atoms with Gasteiger partial charge in [0, 0.05) is 56.4 Å². The zero-order valence-corrected chi connectivity index (χ0v) is 16.6. The van der Waals surface area contributed by atoms with E-state index in [0.717, 1.165) is 63.2 Å². The minimum Gasteiger partial charge on any atom is -0.361 e. The lowest BCUT2D eigenvalue weighted by atomic mass is 10.1. The first-order chi connectivity index (χ1) is 14.2. The maximum absolute atomic E-state index is 9.14. The van der Waals surface area contributed by atoms with Crippen LogP contribution in [0.25, 0.3) is 10.9 Å². The third-order valence-electron chi connectivity index (χ3n) is 5.86. The molecule has 146 valence electrons. The Kier molecular flexibility index (Phi) is 5.91. The molecule has 1 fully saturated rings. The predicted molar refractivity (Wildman–Crippen MR) is 114 cm³/mol. The monoisotopic (exact) mass is 383 g/mol. The van der Waals surface area contributed by atoms with Gasteiger partial charge in [-0.15, -0.1) is 0 Å². The molecule has 3 aromatic rings. The van der Waals surface area contributed by atoms with Gasteiger partial charge in [-0.05, 0) is 54.3 Å². The molecule has 0 atom stereocenters. The number of fused-ring (bicyclic) bond motifs is 1. The van der Waals surface area contributed by atoms with Gasteiger partial charge < -0.3 is 14.8 Å². The van der Waals surface area contributed by atoms with Crippen LogP contribution >= 0.6 is 0 Å². The summed E-state index contributed by atoms with van der Waals surface area (Å²) in [6.07, 6.45) is 4.11. The first kappa shape index (κ1) is 19.2. The van der Waals surface area contributed by atoms with E-state index in [4.69, 9.17) is 10.5 Å². The summed E-state index contributed by atoms with van der Waals surface area (Å²) in [6, 6.07) is 18.2. The van der Waals surface area contributed by atoms with E-state index in [1.165, 1.54) is 16.5 Å². The highest BCUT2D eigenvalue weighted by Crippen LogP contribution is 2.20. The number of nitrogens with one attached hydrogen (secondary N) is 1. The minimum absolute atomic E-state index is 0.717. The number of piperazine rings is 1. The summed E-state index contributed by atoms with van der Waals surface area (Å²) >= 11 is 0. The molecule has 1 aromatic heterocycles. The maximum atomic E-state index is 9.14. The molecule has 5 nitrogen and oxygen atoms in total. The van der Waals surface area contributed by atoms with Crippen molar-refractivity contribution in [3.63, 3.8) is 0 Å². The van der Waals surface area contributed by atoms with Crippen LogP contribution in [0.2, 0.25) is 0 Å². The van der Waals surface area contributed by atoms with Gasteiger partial charge in [0.2, 0.25) is 0 Å². The largest absolute Gasteiger partial charge is 0.361 e. The van der Waals surface area contributed by atoms with Gasteiger partial charge in [-0.2, -0.15) is 10.5 Å². The summed E-state index contributed by atoms with van der Waals surface area (Å²) < 4.78 is 0. The Morgan fingerprint density at radius 1 is 0.793 bits per heavy atom. The topological polar surface area (TPSA) is 69.8 Å². The number of nitrogens with zero attached hydrogens (tertiary/aromatic N) is 4. The Morgan fingerprint density at radius 2 is 1.41 bits per heavy atom. The van der Waals surface area contributed by atoms with Crippen LogP contribution in [0.1, 0.15) is 22.3 Å². The van der Waals surface area contributed by atoms with Gasteiger partial charge in [0.05, 0.1) is 23.3 Å². The van der Waals surface area contributed by atoms with E-state index < -0.39 is 0 Å². The summed E-state index contributed by atoms with van der Waals surface area (Å²) in [5.41, 5.74) is 5.13. The van der Waals surface area contributed by atoms with Crippen LogP contribution in [0, 0.1) is 22.7 Å². The van der Waals surface area contributed by atoms with Crippen LogP contribution < -0.4 is 0 Å². The molecule has 4 rings (SSSR count). The van der Waals surface area contributed by atoms with Crippen LogP contribution in [-0.2, 0) is 12.8 Å². The zero-order valence-electron chi connectivity index (χ0n) is 16.6. The Balaban J connectivity index is 1.24. The lowest BCUT2D eigenvalue weighted by Crippen LogP contribution is -2.47. The molecule has 1 saturated heterocycles. The van der Waals surface area contributed by atoms with Gasteiger partial charge in [0.15, 0.2) is 0 Å². The average molecular weight is 383 g/mol. The Hall–Kier alpha value is -3.12. The number of H-pyrrole nitrogens is 1. The van der Waals surface area contributed by atoms with Crippen molar-refractivity contribution in [3.8, 4) is 12.1 Å². The molecule has 0 unspecified atom stereocenters. The highest BCUT2D eigenvalue weighted by molar-refractivity contribution is 5.84. The lowest BCUT2D eigenvalue weighted by molar-refractivity contribution is 0.134. The summed E-state index contributed by atoms with van der Waals surface area (Å²) in [5, 5.41) is 19.2. The number of nitriles is 2. The predicted octanol–water partition coefficient (Wildman–Crippen LogP) is 3.31. The Labute approximate surface area is 171 Å². The second-order valence-corrected chi connectivity index (χ2v) is 7.68. The fourth-order valence-electron chi connectivity index (χ4n) is 4.00. The molecule has 2 heterocycles. The van der Waals surface area contributed by atoms with E-state index >= 15 is 0 Å². The van der Waals surface area contributed by atoms with Gasteiger partial charge in [-0.3, -0.25) is 0 Å². The van der Waals surface area contributed by atoms with Crippen molar-refractivity contribution in [2.24, 2.45) is 0 Å². The van der Waals surface area contributed by atoms with Crippen LogP contribution in [0.5, 0.6) is 0 Å². The summed E-state index contributed by atoms with van der Waals surface area (Å²) in [4.78, 5) is 8.38. The summed E-state index contributed by atoms with van der Waals surface area (Å²) in [7, 11) is 0. The maximum Gasteiger partial charge on any atom is 0.0991 e. The quantitative estimate of drug-likeness (QED) is 0.709. The SMILES string of the molecule is N#Cc1ccc(CCN2CCN(CCc3c[nH]c4ccc(C#N)cc34)CC2)cc1. The first-order valence-electron chi connectivity index (χ1n) is 10.2. The van der Waals surface area contributed by atoms with Crippen LogP contribution in [0.3, 0.4) is 0 Å². The molecule has 1 aliphatic heterocycles. The van der Waals surface area contributed by atoms with Crippen molar-refractivity contribution in [2.45, 2.75) is 12.8 Å². The van der Waals surface area contributed by atoms with Crippen molar-refractivity contribution in [1.29, 1.82) is 10.5 Å². The molecule has 0 aliphatic carbocycles. The van der Waals surface area contributed by atoms with Crippen molar-refractivity contribution < 1.29 is 0 Å². The Bertz CT molecular complexity index is 1040. The minimum atomic E-state index is 0.717. The van der Waals surface area contributed by atoms with Crippen molar-refractivity contribution >= 4 is 10.9 Å². The van der Waals surface area contributed by atoms with Gasteiger partial charge in [-0.1, -0.05) is 12.1 Å². The Morgan fingerprint density at radius 3 is 2.07 bits per heavy atom.